The van der Waals surface area contributed by atoms with E-state index in [-0.39, 0.29) is 11.5 Å². The molecule has 8 N–H and O–H groups in total. The predicted octanol–water partition coefficient (Wildman–Crippen LogP) is -3.90. The van der Waals surface area contributed by atoms with E-state index in [2.05, 4.69) is 9.97 Å². The molecule has 0 radical (unpaired) electrons. The molecule has 0 bridgehead atoms. The van der Waals surface area contributed by atoms with Gasteiger partial charge in [-0.15, -0.1) is 0 Å². The van der Waals surface area contributed by atoms with E-state index in [0.29, 0.717) is 11.0 Å². The number of aromatic nitrogens is 4. The molecule has 4 rings (SSSR count). The Morgan fingerprint density at radius 2 is 1.74 bits per heavy atom. The number of nitrogens with zero attached hydrogens (tertiary/aromatic N) is 3. The Hall–Kier alpha value is -2.86. The van der Waals surface area contributed by atoms with Crippen molar-refractivity contribution in [2.24, 2.45) is 0 Å². The first-order valence-corrected chi connectivity index (χ1v) is 11.8. The van der Waals surface area contributed by atoms with Gasteiger partial charge >= 0.3 is 5.69 Å². The number of H-pyrrole nitrogens is 1. The smallest absolute Gasteiger partial charge is 0.349 e. The van der Waals surface area contributed by atoms with Crippen LogP contribution in [0, 0.1) is 13.8 Å². The number of aliphatic hydroxyl groups is 7. The summed E-state index contributed by atoms with van der Waals surface area (Å²) >= 11 is 0. The second-order valence-electron chi connectivity index (χ2n) is 9.30. The second kappa shape index (κ2) is 11.1. The molecule has 0 aromatic heterocycles. The van der Waals surface area contributed by atoms with Crippen molar-refractivity contribution in [3.8, 4) is 11.5 Å². The third-order valence-electron chi connectivity index (χ3n) is 6.71. The van der Waals surface area contributed by atoms with E-state index < -0.39 is 80.0 Å². The fourth-order valence-electron chi connectivity index (χ4n) is 4.36. The standard InChI is InChI=1S/C23H30N4O11/c1-8-3-10-11(4-9(8)2)27(20-15(24-10)21(35)26-23(36)25-20)5-12(30)16(31)13(6-28)37-22-19(34)18(33)17(32)14(7-29)38-22/h3-4,12-14,16-19,22,28-34H,5-7H2,1-2H3,(H,26,35,36)/t12-,13+,14+,16-,17-,18-,19+,22+/m0/s1. The summed E-state index contributed by atoms with van der Waals surface area (Å²) in [6, 6.07) is 3.43. The van der Waals surface area contributed by atoms with Gasteiger partial charge in [0, 0.05) is 0 Å². The molecule has 1 aromatic carbocycles. The monoisotopic (exact) mass is 538 g/mol. The van der Waals surface area contributed by atoms with Gasteiger partial charge in [0.05, 0.1) is 30.8 Å². The number of aliphatic hydroxyl groups excluding tert-OH is 7. The Morgan fingerprint density at radius 3 is 2.39 bits per heavy atom. The van der Waals surface area contributed by atoms with E-state index in [0.717, 1.165) is 11.1 Å². The fourth-order valence-corrected chi connectivity index (χ4v) is 4.36. The Morgan fingerprint density at radius 1 is 1.05 bits per heavy atom. The summed E-state index contributed by atoms with van der Waals surface area (Å²) in [4.78, 5) is 34.6. The van der Waals surface area contributed by atoms with Crippen LogP contribution in [-0.4, -0.2) is 117 Å². The molecule has 15 heteroatoms. The van der Waals surface area contributed by atoms with E-state index in [1.165, 1.54) is 4.57 Å². The fraction of sp³-hybridized carbons (Fsp3) is 0.565. The quantitative estimate of drug-likeness (QED) is 0.128. The van der Waals surface area contributed by atoms with Crippen LogP contribution in [0.5, 0.6) is 0 Å². The van der Waals surface area contributed by atoms with E-state index in [4.69, 9.17) is 9.47 Å². The van der Waals surface area contributed by atoms with Gasteiger partial charge in [-0.3, -0.25) is 9.78 Å². The number of fused-ring (bicyclic) bond motifs is 2. The Balaban J connectivity index is 1.66. The van der Waals surface area contributed by atoms with Gasteiger partial charge in [0.2, 0.25) is 0 Å². The molecular weight excluding hydrogens is 508 g/mol. The lowest BCUT2D eigenvalue weighted by atomic mass is 9.99. The number of hydrogen-bond donors (Lipinski definition) is 8. The third kappa shape index (κ3) is 5.20. The van der Waals surface area contributed by atoms with Crippen LogP contribution in [0.1, 0.15) is 11.1 Å². The Bertz CT molecular complexity index is 1380. The first kappa shape index (κ1) is 28.2. The van der Waals surface area contributed by atoms with E-state index in [9.17, 15) is 45.3 Å². The van der Waals surface area contributed by atoms with Crippen LogP contribution < -0.4 is 11.2 Å². The SMILES string of the molecule is Cc1cc2nc3c(=O)[nH]c(=O)nc-3n(C[C@H](O)[C@H](O)[C@@H](CO)O[C@@H]3O[C@H](CO)[C@H](O)[C@H](O)[C@H]3O)c2cc1C. The van der Waals surface area contributed by atoms with Crippen LogP contribution in [0.4, 0.5) is 0 Å². The van der Waals surface area contributed by atoms with Crippen molar-refractivity contribution < 1.29 is 45.2 Å². The number of rotatable bonds is 8. The van der Waals surface area contributed by atoms with Crippen LogP contribution in [0.3, 0.4) is 0 Å². The molecule has 0 spiro atoms. The summed E-state index contributed by atoms with van der Waals surface area (Å²) in [5.74, 6) is -0.142. The van der Waals surface area contributed by atoms with Crippen molar-refractivity contribution in [3.63, 3.8) is 0 Å². The Labute approximate surface area is 214 Å². The van der Waals surface area contributed by atoms with Crippen molar-refractivity contribution in [3.05, 3.63) is 44.1 Å². The highest BCUT2D eigenvalue weighted by Crippen LogP contribution is 2.26. The third-order valence-corrected chi connectivity index (χ3v) is 6.71. The zero-order valence-electron chi connectivity index (χ0n) is 20.5. The summed E-state index contributed by atoms with van der Waals surface area (Å²) in [6.45, 7) is 1.66. The summed E-state index contributed by atoms with van der Waals surface area (Å²) in [7, 11) is 0. The molecule has 0 amide bonds. The highest BCUT2D eigenvalue weighted by Gasteiger charge is 2.45. The van der Waals surface area contributed by atoms with Crippen LogP contribution in [-0.2, 0) is 16.0 Å². The maximum atomic E-state index is 12.4. The van der Waals surface area contributed by atoms with Gasteiger partial charge in [-0.1, -0.05) is 0 Å². The summed E-state index contributed by atoms with van der Waals surface area (Å²) in [5, 5.41) is 71.1. The van der Waals surface area contributed by atoms with Crippen LogP contribution >= 0.6 is 0 Å². The highest BCUT2D eigenvalue weighted by atomic mass is 16.7. The number of nitrogens with one attached hydrogen (secondary N) is 1. The zero-order valence-corrected chi connectivity index (χ0v) is 20.5. The minimum absolute atomic E-state index is 0.142. The lowest BCUT2D eigenvalue weighted by molar-refractivity contribution is -0.321. The van der Waals surface area contributed by atoms with Gasteiger partial charge in [0.25, 0.3) is 5.56 Å². The van der Waals surface area contributed by atoms with E-state index in [1.807, 2.05) is 18.8 Å². The molecule has 0 unspecified atom stereocenters. The minimum atomic E-state index is -1.82. The predicted molar refractivity (Wildman–Crippen MR) is 128 cm³/mol. The lowest BCUT2D eigenvalue weighted by Gasteiger charge is -2.41. The molecule has 38 heavy (non-hydrogen) atoms. The van der Waals surface area contributed by atoms with E-state index in [1.54, 1.807) is 12.1 Å². The maximum absolute atomic E-state index is 12.4. The molecule has 3 aliphatic heterocycles. The lowest BCUT2D eigenvalue weighted by Crippen LogP contribution is -2.60. The molecule has 15 nitrogen and oxygen atoms in total. The molecule has 3 heterocycles. The van der Waals surface area contributed by atoms with Gasteiger partial charge in [-0.2, -0.15) is 4.98 Å². The largest absolute Gasteiger partial charge is 0.394 e. The van der Waals surface area contributed by atoms with E-state index >= 15 is 0 Å². The molecule has 0 aliphatic carbocycles. The van der Waals surface area contributed by atoms with Gasteiger partial charge in [-0.05, 0) is 37.1 Å². The van der Waals surface area contributed by atoms with Crippen molar-refractivity contribution >= 4 is 11.0 Å². The average molecular weight is 539 g/mol. The van der Waals surface area contributed by atoms with Crippen LogP contribution in [0.25, 0.3) is 22.6 Å². The number of benzene rings is 1. The topological polar surface area (TPSA) is 241 Å². The van der Waals surface area contributed by atoms with Gasteiger partial charge in [0.15, 0.2) is 17.8 Å². The number of hydrogen-bond acceptors (Lipinski definition) is 13. The number of aromatic amines is 1. The number of aryl methyl sites for hydroxylation is 2. The van der Waals surface area contributed by atoms with Crippen molar-refractivity contribution in [2.75, 3.05) is 13.2 Å². The van der Waals surface area contributed by atoms with Crippen molar-refractivity contribution in [1.29, 1.82) is 0 Å². The Kier molecular flexibility index (Phi) is 8.22. The first-order chi connectivity index (χ1) is 18.0. The normalized spacial score (nSPS) is 26.5. The van der Waals surface area contributed by atoms with Gasteiger partial charge in [0.1, 0.15) is 42.7 Å². The molecule has 1 saturated heterocycles. The zero-order chi connectivity index (χ0) is 27.9. The maximum Gasteiger partial charge on any atom is 0.349 e. The number of ether oxygens (including phenoxy) is 2. The second-order valence-corrected chi connectivity index (χ2v) is 9.30. The van der Waals surface area contributed by atoms with Gasteiger partial charge < -0.3 is 49.8 Å². The summed E-state index contributed by atoms with van der Waals surface area (Å²) < 4.78 is 12.0. The molecule has 3 aliphatic rings. The van der Waals surface area contributed by atoms with Crippen molar-refractivity contribution in [2.45, 2.75) is 69.4 Å². The van der Waals surface area contributed by atoms with Crippen LogP contribution in [0.15, 0.2) is 21.7 Å². The molecule has 208 valence electrons. The molecule has 1 fully saturated rings. The summed E-state index contributed by atoms with van der Waals surface area (Å²) in [5.41, 5.74) is 0.588. The molecule has 0 saturated carbocycles. The minimum Gasteiger partial charge on any atom is -0.394 e. The van der Waals surface area contributed by atoms with Crippen LogP contribution in [0.2, 0.25) is 0 Å². The summed E-state index contributed by atoms with van der Waals surface area (Å²) in [6.07, 6.45) is -13.2. The average Bonchev–Trinajstić information content (AvgIpc) is 2.88. The van der Waals surface area contributed by atoms with Crippen molar-refractivity contribution in [1.82, 2.24) is 19.5 Å². The highest BCUT2D eigenvalue weighted by molar-refractivity contribution is 5.81. The first-order valence-electron chi connectivity index (χ1n) is 11.8. The molecule has 8 atom stereocenters. The van der Waals surface area contributed by atoms with Gasteiger partial charge in [-0.25, -0.2) is 9.78 Å². The molecular formula is C23H30N4O11. The molecule has 1 aromatic rings.